The van der Waals surface area contributed by atoms with Crippen molar-refractivity contribution in [3.63, 3.8) is 0 Å². The number of rotatable bonds is 3. The highest BCUT2D eigenvalue weighted by atomic mass is 32.1. The van der Waals surface area contributed by atoms with E-state index in [2.05, 4.69) is 20.6 Å². The van der Waals surface area contributed by atoms with Crippen molar-refractivity contribution in [3.05, 3.63) is 47.1 Å². The molecule has 1 saturated heterocycles. The molecule has 3 heterocycles. The molecule has 202 valence electrons. The number of hydrogen-bond acceptors (Lipinski definition) is 7. The summed E-state index contributed by atoms with van der Waals surface area (Å²) in [5, 5.41) is 5.03. The number of ether oxygens (including phenoxy) is 1. The third-order valence-corrected chi connectivity index (χ3v) is 6.99. The first-order valence-corrected chi connectivity index (χ1v) is 12.9. The molecule has 1 fully saturated rings. The lowest BCUT2D eigenvalue weighted by Gasteiger charge is -2.42. The van der Waals surface area contributed by atoms with E-state index in [0.29, 0.717) is 16.6 Å². The fourth-order valence-electron chi connectivity index (χ4n) is 4.22. The summed E-state index contributed by atoms with van der Waals surface area (Å²) in [6.07, 6.45) is -0.00185. The van der Waals surface area contributed by atoms with E-state index in [9.17, 15) is 23.2 Å². The normalized spacial score (nSPS) is 19.2. The summed E-state index contributed by atoms with van der Waals surface area (Å²) >= 11 is 1.42. The van der Waals surface area contributed by atoms with E-state index in [1.54, 1.807) is 51.4 Å². The van der Waals surface area contributed by atoms with E-state index in [1.165, 1.54) is 35.4 Å². The highest BCUT2D eigenvalue weighted by Gasteiger charge is 2.48. The third-order valence-electron chi connectivity index (χ3n) is 6.18. The van der Waals surface area contributed by atoms with Crippen LogP contribution in [0.25, 0.3) is 10.2 Å². The third kappa shape index (κ3) is 6.07. The second-order valence-electron chi connectivity index (χ2n) is 10.4. The molecule has 0 radical (unpaired) electrons. The quantitative estimate of drug-likeness (QED) is 0.419. The number of carbonyl (C=O) groups is 3. The van der Waals surface area contributed by atoms with Gasteiger partial charge in [-0.1, -0.05) is 13.0 Å². The molecule has 4 rings (SSSR count). The number of alkyl halides is 2. The average Bonchev–Trinajstić information content (AvgIpc) is 3.28. The Morgan fingerprint density at radius 3 is 2.58 bits per heavy atom. The van der Waals surface area contributed by atoms with Gasteiger partial charge in [0.05, 0.1) is 33.7 Å². The number of nitrogens with one attached hydrogen (secondary N) is 2. The van der Waals surface area contributed by atoms with Gasteiger partial charge in [-0.15, -0.1) is 11.3 Å². The van der Waals surface area contributed by atoms with Gasteiger partial charge in [-0.3, -0.25) is 14.9 Å². The molecular formula is C26H29F2N5O4S. The summed E-state index contributed by atoms with van der Waals surface area (Å²) in [5.41, 5.74) is 2.84. The Morgan fingerprint density at radius 1 is 1.16 bits per heavy atom. The molecule has 38 heavy (non-hydrogen) atoms. The van der Waals surface area contributed by atoms with Gasteiger partial charge in [-0.25, -0.2) is 23.5 Å². The predicted molar refractivity (Wildman–Crippen MR) is 140 cm³/mol. The first-order chi connectivity index (χ1) is 17.7. The van der Waals surface area contributed by atoms with Gasteiger partial charge in [0, 0.05) is 18.9 Å². The Morgan fingerprint density at radius 2 is 1.89 bits per heavy atom. The van der Waals surface area contributed by atoms with E-state index < -0.39 is 47.8 Å². The van der Waals surface area contributed by atoms with Crippen LogP contribution in [0.5, 0.6) is 0 Å². The molecule has 3 amide bonds. The van der Waals surface area contributed by atoms with Crippen LogP contribution in [0.2, 0.25) is 0 Å². The summed E-state index contributed by atoms with van der Waals surface area (Å²) in [7, 11) is 0. The lowest BCUT2D eigenvalue weighted by atomic mass is 9.86. The molecule has 0 spiro atoms. The van der Waals surface area contributed by atoms with Crippen LogP contribution < -0.4 is 10.6 Å². The smallest absolute Gasteiger partial charge is 0.413 e. The molecule has 3 aromatic rings. The zero-order valence-corrected chi connectivity index (χ0v) is 22.5. The summed E-state index contributed by atoms with van der Waals surface area (Å²) in [6, 6.07) is 5.70. The summed E-state index contributed by atoms with van der Waals surface area (Å²) < 4.78 is 35.6. The van der Waals surface area contributed by atoms with Gasteiger partial charge in [0.25, 0.3) is 5.92 Å². The summed E-state index contributed by atoms with van der Waals surface area (Å²) in [4.78, 5) is 47.8. The molecule has 2 aromatic heterocycles. The van der Waals surface area contributed by atoms with Gasteiger partial charge >= 0.3 is 17.9 Å². The number of pyridine rings is 1. The van der Waals surface area contributed by atoms with Crippen LogP contribution in [-0.4, -0.2) is 50.8 Å². The van der Waals surface area contributed by atoms with Crippen molar-refractivity contribution in [1.29, 1.82) is 0 Å². The van der Waals surface area contributed by atoms with Gasteiger partial charge < -0.3 is 15.0 Å². The zero-order chi connectivity index (χ0) is 27.8. The van der Waals surface area contributed by atoms with Crippen molar-refractivity contribution in [3.8, 4) is 0 Å². The van der Waals surface area contributed by atoms with Crippen LogP contribution >= 0.6 is 11.3 Å². The van der Waals surface area contributed by atoms with Crippen molar-refractivity contribution in [2.45, 2.75) is 58.6 Å². The first-order valence-electron chi connectivity index (χ1n) is 12.0. The highest BCUT2D eigenvalue weighted by molar-refractivity contribution is 7.16. The van der Waals surface area contributed by atoms with Gasteiger partial charge in [-0.2, -0.15) is 0 Å². The second-order valence-corrected chi connectivity index (χ2v) is 11.3. The van der Waals surface area contributed by atoms with Crippen LogP contribution in [-0.2, 0) is 14.3 Å². The monoisotopic (exact) mass is 545 g/mol. The minimum atomic E-state index is -3.01. The van der Waals surface area contributed by atoms with Crippen LogP contribution in [0.4, 0.5) is 25.1 Å². The van der Waals surface area contributed by atoms with Gasteiger partial charge in [0.2, 0.25) is 0 Å². The van der Waals surface area contributed by atoms with Crippen LogP contribution in [0, 0.1) is 12.8 Å². The number of amides is 3. The molecule has 1 aliphatic heterocycles. The van der Waals surface area contributed by atoms with Crippen molar-refractivity contribution in [2.75, 3.05) is 17.2 Å². The maximum Gasteiger partial charge on any atom is 0.413 e. The van der Waals surface area contributed by atoms with Crippen LogP contribution in [0.1, 0.15) is 51.3 Å². The number of thiazole rings is 1. The molecule has 12 heteroatoms. The highest BCUT2D eigenvalue weighted by Crippen LogP contribution is 2.43. The molecule has 2 atom stereocenters. The SMILES string of the molecule is Cc1cc(NC(=O)C(=O)N2C[C@H](C)C(F)(F)C[C@H]2c2ccc3scnc3c2)cnc1NC(=O)OC(C)(C)C. The largest absolute Gasteiger partial charge is 0.444 e. The maximum absolute atomic E-state index is 14.7. The molecule has 0 bridgehead atoms. The number of benzene rings is 1. The number of likely N-dealkylation sites (tertiary alicyclic amines) is 1. The fourth-order valence-corrected chi connectivity index (χ4v) is 4.88. The molecule has 9 nitrogen and oxygen atoms in total. The lowest BCUT2D eigenvalue weighted by molar-refractivity contribution is -0.159. The second kappa shape index (κ2) is 10.2. The van der Waals surface area contributed by atoms with E-state index in [1.807, 2.05) is 0 Å². The number of fused-ring (bicyclic) bond motifs is 1. The van der Waals surface area contributed by atoms with E-state index in [-0.39, 0.29) is 18.1 Å². The number of hydrogen-bond donors (Lipinski definition) is 2. The number of aromatic nitrogens is 2. The van der Waals surface area contributed by atoms with Crippen molar-refractivity contribution in [1.82, 2.24) is 14.9 Å². The molecule has 1 aromatic carbocycles. The predicted octanol–water partition coefficient (Wildman–Crippen LogP) is 5.53. The van der Waals surface area contributed by atoms with Gasteiger partial charge in [0.15, 0.2) is 0 Å². The maximum atomic E-state index is 14.7. The Bertz CT molecular complexity index is 1390. The lowest BCUT2D eigenvalue weighted by Crippen LogP contribution is -2.52. The Kier molecular flexibility index (Phi) is 7.37. The van der Waals surface area contributed by atoms with E-state index in [0.717, 1.165) is 4.70 Å². The van der Waals surface area contributed by atoms with Gasteiger partial charge in [0.1, 0.15) is 11.4 Å². The number of carbonyl (C=O) groups excluding carboxylic acids is 3. The fraction of sp³-hybridized carbons (Fsp3) is 0.423. The van der Waals surface area contributed by atoms with Crippen LogP contribution in [0.15, 0.2) is 36.0 Å². The Labute approximate surface area is 222 Å². The zero-order valence-electron chi connectivity index (χ0n) is 21.7. The first kappa shape index (κ1) is 27.4. The number of nitrogens with zero attached hydrogens (tertiary/aromatic N) is 3. The molecule has 2 N–H and O–H groups in total. The standard InChI is InChI=1S/C26H29F2N5O4S/c1-14-8-17(11-29-21(14)32-24(36)37-25(3,4)5)31-22(34)23(35)33-12-15(2)26(27,28)10-19(33)16-6-7-20-18(9-16)30-13-38-20/h6-9,11,13,15,19H,10,12H2,1-5H3,(H,31,34)(H,29,32,36)/t15-,19-/m0/s1. The van der Waals surface area contributed by atoms with Crippen molar-refractivity contribution < 1.29 is 27.9 Å². The van der Waals surface area contributed by atoms with E-state index in [4.69, 9.17) is 4.74 Å². The number of anilines is 2. The molecule has 0 unspecified atom stereocenters. The van der Waals surface area contributed by atoms with Crippen LogP contribution in [0.3, 0.4) is 0 Å². The summed E-state index contributed by atoms with van der Waals surface area (Å²) in [5.74, 6) is -5.80. The minimum absolute atomic E-state index is 0.214. The Balaban J connectivity index is 1.51. The molecule has 0 saturated carbocycles. The number of halogens is 2. The molecular weight excluding hydrogens is 516 g/mol. The van der Waals surface area contributed by atoms with E-state index >= 15 is 0 Å². The Hall–Kier alpha value is -3.67. The topological polar surface area (TPSA) is 114 Å². The van der Waals surface area contributed by atoms with Crippen molar-refractivity contribution >= 4 is 51.0 Å². The average molecular weight is 546 g/mol. The molecule has 1 aliphatic rings. The number of aryl methyl sites for hydroxylation is 1. The summed E-state index contributed by atoms with van der Waals surface area (Å²) in [6.45, 7) is 7.94. The van der Waals surface area contributed by atoms with Crippen molar-refractivity contribution in [2.24, 2.45) is 5.92 Å². The number of piperidine rings is 1. The molecule has 0 aliphatic carbocycles. The van der Waals surface area contributed by atoms with Gasteiger partial charge in [-0.05, 0) is 57.0 Å². The minimum Gasteiger partial charge on any atom is -0.444 e.